The molecule has 2 aromatic rings. The van der Waals surface area contributed by atoms with Crippen LogP contribution in [0.4, 0.5) is 4.39 Å². The monoisotopic (exact) mass is 330 g/mol. The molecule has 1 aliphatic carbocycles. The predicted molar refractivity (Wildman–Crippen MR) is 84.5 cm³/mol. The van der Waals surface area contributed by atoms with Crippen molar-refractivity contribution in [2.24, 2.45) is 0 Å². The average Bonchev–Trinajstić information content (AvgIpc) is 2.94. The maximum atomic E-state index is 13.5. The summed E-state index contributed by atoms with van der Waals surface area (Å²) in [6.07, 6.45) is 4.12. The second kappa shape index (κ2) is 5.92. The molecule has 6 heteroatoms. The molecule has 5 nitrogen and oxygen atoms in total. The van der Waals surface area contributed by atoms with Gasteiger partial charge < -0.3 is 14.1 Å². The van der Waals surface area contributed by atoms with E-state index in [1.54, 1.807) is 4.90 Å². The largest absolute Gasteiger partial charge is 0.496 e. The van der Waals surface area contributed by atoms with Gasteiger partial charge in [-0.25, -0.2) is 9.37 Å². The van der Waals surface area contributed by atoms with E-state index in [1.165, 1.54) is 31.7 Å². The van der Waals surface area contributed by atoms with Crippen LogP contribution in [-0.2, 0) is 13.0 Å². The topological polar surface area (TPSA) is 55.6 Å². The first-order chi connectivity index (χ1) is 11.7. The standard InChI is InChI=1S/C18H19FN2O3/c1-23-15-6-5-12(19)9-13(15)18(22)21-8-7-16-14(10-21)20-17(24-16)11-3-2-4-11/h5-6,9,11H,2-4,7-8,10H2,1H3. The molecule has 0 N–H and O–H groups in total. The number of oxazole rings is 1. The maximum absolute atomic E-state index is 13.5. The number of carbonyl (C=O) groups excluding carboxylic acids is 1. The Morgan fingerprint density at radius 1 is 1.42 bits per heavy atom. The van der Waals surface area contributed by atoms with E-state index in [4.69, 9.17) is 9.15 Å². The lowest BCUT2D eigenvalue weighted by Crippen LogP contribution is -2.36. The van der Waals surface area contributed by atoms with E-state index in [-0.39, 0.29) is 11.5 Å². The minimum Gasteiger partial charge on any atom is -0.496 e. The molecule has 1 aromatic heterocycles. The van der Waals surface area contributed by atoms with Crippen LogP contribution in [0.3, 0.4) is 0 Å². The van der Waals surface area contributed by atoms with E-state index < -0.39 is 5.82 Å². The van der Waals surface area contributed by atoms with Gasteiger partial charge in [-0.1, -0.05) is 6.42 Å². The Morgan fingerprint density at radius 3 is 2.96 bits per heavy atom. The van der Waals surface area contributed by atoms with Gasteiger partial charge in [0.15, 0.2) is 5.89 Å². The molecular formula is C18H19FN2O3. The molecule has 1 amide bonds. The molecular weight excluding hydrogens is 311 g/mol. The van der Waals surface area contributed by atoms with Crippen molar-refractivity contribution >= 4 is 5.91 Å². The van der Waals surface area contributed by atoms with Crippen LogP contribution >= 0.6 is 0 Å². The fourth-order valence-corrected chi connectivity index (χ4v) is 3.24. The molecule has 0 atom stereocenters. The van der Waals surface area contributed by atoms with Crippen molar-refractivity contribution in [3.8, 4) is 5.75 Å². The van der Waals surface area contributed by atoms with Crippen LogP contribution in [0.15, 0.2) is 22.6 Å². The van der Waals surface area contributed by atoms with E-state index in [0.717, 1.165) is 30.2 Å². The number of methoxy groups -OCH3 is 1. The predicted octanol–water partition coefficient (Wildman–Crippen LogP) is 3.29. The lowest BCUT2D eigenvalue weighted by atomic mass is 9.85. The lowest BCUT2D eigenvalue weighted by molar-refractivity contribution is 0.0724. The molecule has 0 spiro atoms. The molecule has 0 radical (unpaired) electrons. The maximum Gasteiger partial charge on any atom is 0.258 e. The van der Waals surface area contributed by atoms with Crippen LogP contribution in [0.2, 0.25) is 0 Å². The highest BCUT2D eigenvalue weighted by molar-refractivity contribution is 5.97. The first kappa shape index (κ1) is 15.2. The van der Waals surface area contributed by atoms with Gasteiger partial charge in [-0.3, -0.25) is 4.79 Å². The summed E-state index contributed by atoms with van der Waals surface area (Å²) >= 11 is 0. The number of nitrogens with zero attached hydrogens (tertiary/aromatic N) is 2. The number of benzene rings is 1. The summed E-state index contributed by atoms with van der Waals surface area (Å²) in [4.78, 5) is 19.0. The summed E-state index contributed by atoms with van der Waals surface area (Å²) in [5.74, 6) is 1.80. The summed E-state index contributed by atoms with van der Waals surface area (Å²) < 4.78 is 24.6. The average molecular weight is 330 g/mol. The second-order valence-corrected chi connectivity index (χ2v) is 6.37. The number of rotatable bonds is 3. The van der Waals surface area contributed by atoms with Crippen LogP contribution in [0, 0.1) is 5.82 Å². The number of hydrogen-bond acceptors (Lipinski definition) is 4. The van der Waals surface area contributed by atoms with Crippen LogP contribution in [0.25, 0.3) is 0 Å². The van der Waals surface area contributed by atoms with Crippen molar-refractivity contribution in [1.82, 2.24) is 9.88 Å². The number of halogens is 1. The van der Waals surface area contributed by atoms with E-state index in [1.807, 2.05) is 0 Å². The Kier molecular flexibility index (Phi) is 3.75. The molecule has 0 unspecified atom stereocenters. The molecule has 1 fully saturated rings. The van der Waals surface area contributed by atoms with Gasteiger partial charge in [0.05, 0.1) is 19.2 Å². The number of ether oxygens (including phenoxy) is 1. The Morgan fingerprint density at radius 2 is 2.25 bits per heavy atom. The van der Waals surface area contributed by atoms with E-state index in [2.05, 4.69) is 4.98 Å². The first-order valence-corrected chi connectivity index (χ1v) is 8.27. The number of amides is 1. The normalized spacial score (nSPS) is 17.3. The van der Waals surface area contributed by atoms with E-state index in [0.29, 0.717) is 31.2 Å². The van der Waals surface area contributed by atoms with E-state index in [9.17, 15) is 9.18 Å². The van der Waals surface area contributed by atoms with Crippen molar-refractivity contribution in [1.29, 1.82) is 0 Å². The molecule has 24 heavy (non-hydrogen) atoms. The van der Waals surface area contributed by atoms with Crippen molar-refractivity contribution in [2.45, 2.75) is 38.1 Å². The van der Waals surface area contributed by atoms with Crippen molar-refractivity contribution < 1.29 is 18.3 Å². The Hall–Kier alpha value is -2.37. The van der Waals surface area contributed by atoms with Gasteiger partial charge in [0.1, 0.15) is 23.0 Å². The van der Waals surface area contributed by atoms with Gasteiger partial charge >= 0.3 is 0 Å². The third-order valence-electron chi connectivity index (χ3n) is 4.88. The highest BCUT2D eigenvalue weighted by Crippen LogP contribution is 2.37. The van der Waals surface area contributed by atoms with Crippen molar-refractivity contribution in [2.75, 3.05) is 13.7 Å². The highest BCUT2D eigenvalue weighted by atomic mass is 19.1. The molecule has 0 bridgehead atoms. The third-order valence-corrected chi connectivity index (χ3v) is 4.88. The Labute approximate surface area is 139 Å². The SMILES string of the molecule is COc1ccc(F)cc1C(=O)N1CCc2oc(C3CCC3)nc2C1. The number of carbonyl (C=O) groups is 1. The summed E-state index contributed by atoms with van der Waals surface area (Å²) in [6, 6.07) is 3.98. The third kappa shape index (κ3) is 2.56. The number of aromatic nitrogens is 1. The molecule has 126 valence electrons. The smallest absolute Gasteiger partial charge is 0.258 e. The summed E-state index contributed by atoms with van der Waals surface area (Å²) in [5.41, 5.74) is 1.07. The molecule has 1 aromatic carbocycles. The fraction of sp³-hybridized carbons (Fsp3) is 0.444. The lowest BCUT2D eigenvalue weighted by Gasteiger charge is -2.26. The Balaban J connectivity index is 1.56. The van der Waals surface area contributed by atoms with E-state index >= 15 is 0 Å². The molecule has 1 aliphatic heterocycles. The molecule has 2 heterocycles. The summed E-state index contributed by atoms with van der Waals surface area (Å²) in [7, 11) is 1.47. The highest BCUT2D eigenvalue weighted by Gasteiger charge is 2.31. The van der Waals surface area contributed by atoms with Gasteiger partial charge in [0.2, 0.25) is 0 Å². The zero-order valence-corrected chi connectivity index (χ0v) is 13.5. The van der Waals surface area contributed by atoms with Crippen LogP contribution in [0.1, 0.15) is 52.9 Å². The summed E-state index contributed by atoms with van der Waals surface area (Å²) in [5, 5.41) is 0. The minimum absolute atomic E-state index is 0.240. The number of hydrogen-bond donors (Lipinski definition) is 0. The zero-order chi connectivity index (χ0) is 16.7. The van der Waals surface area contributed by atoms with Crippen molar-refractivity contribution in [3.05, 3.63) is 46.9 Å². The zero-order valence-electron chi connectivity index (χ0n) is 13.5. The van der Waals surface area contributed by atoms with Gasteiger partial charge in [0.25, 0.3) is 5.91 Å². The molecule has 4 rings (SSSR count). The molecule has 2 aliphatic rings. The van der Waals surface area contributed by atoms with Gasteiger partial charge in [-0.2, -0.15) is 0 Å². The molecule has 1 saturated carbocycles. The fourth-order valence-electron chi connectivity index (χ4n) is 3.24. The van der Waals surface area contributed by atoms with Crippen LogP contribution in [-0.4, -0.2) is 29.4 Å². The van der Waals surface area contributed by atoms with Gasteiger partial charge in [-0.05, 0) is 31.0 Å². The minimum atomic E-state index is -0.453. The van der Waals surface area contributed by atoms with Crippen LogP contribution in [0.5, 0.6) is 5.75 Å². The van der Waals surface area contributed by atoms with Gasteiger partial charge in [-0.15, -0.1) is 0 Å². The summed E-state index contributed by atoms with van der Waals surface area (Å²) in [6.45, 7) is 0.925. The van der Waals surface area contributed by atoms with Crippen LogP contribution < -0.4 is 4.74 Å². The first-order valence-electron chi connectivity index (χ1n) is 8.27. The Bertz CT molecular complexity index is 783. The molecule has 0 saturated heterocycles. The quantitative estimate of drug-likeness (QED) is 0.866. The second-order valence-electron chi connectivity index (χ2n) is 6.37. The van der Waals surface area contributed by atoms with Gasteiger partial charge in [0, 0.05) is 18.9 Å². The number of fused-ring (bicyclic) bond motifs is 1. The van der Waals surface area contributed by atoms with Crippen molar-refractivity contribution in [3.63, 3.8) is 0 Å².